The normalized spacial score (nSPS) is 12.9. The highest BCUT2D eigenvalue weighted by Gasteiger charge is 2.25. The second-order valence-electron chi connectivity index (χ2n) is 4.20. The number of nitrogens with zero attached hydrogens (tertiary/aromatic N) is 2. The number of rotatable bonds is 2. The second-order valence-corrected chi connectivity index (χ2v) is 5.06. The molecule has 0 fully saturated rings. The Kier molecular flexibility index (Phi) is 3.62. The Morgan fingerprint density at radius 2 is 2.31 bits per heavy atom. The first-order valence-electron chi connectivity index (χ1n) is 4.67. The SMILES string of the molecule is CC(C)(C)OC(=O)C(N)c1csc(C#N)n1. The molecule has 0 saturated carbocycles. The van der Waals surface area contributed by atoms with Gasteiger partial charge in [-0.15, -0.1) is 11.3 Å². The van der Waals surface area contributed by atoms with Gasteiger partial charge in [0.1, 0.15) is 17.7 Å². The molecule has 1 aromatic rings. The summed E-state index contributed by atoms with van der Waals surface area (Å²) in [6.07, 6.45) is 0. The Hall–Kier alpha value is -1.45. The number of nitriles is 1. The number of carbonyl (C=O) groups excluding carboxylic acids is 1. The molecule has 0 saturated heterocycles. The zero-order valence-electron chi connectivity index (χ0n) is 9.35. The highest BCUT2D eigenvalue weighted by atomic mass is 32.1. The molecule has 0 aliphatic rings. The summed E-state index contributed by atoms with van der Waals surface area (Å²) in [4.78, 5) is 15.5. The fraction of sp³-hybridized carbons (Fsp3) is 0.500. The van der Waals surface area contributed by atoms with Gasteiger partial charge >= 0.3 is 5.97 Å². The van der Waals surface area contributed by atoms with Crippen molar-refractivity contribution in [1.82, 2.24) is 4.98 Å². The van der Waals surface area contributed by atoms with Crippen LogP contribution < -0.4 is 5.73 Å². The van der Waals surface area contributed by atoms with Crippen LogP contribution in [-0.4, -0.2) is 16.6 Å². The first-order chi connectivity index (χ1) is 7.33. The van der Waals surface area contributed by atoms with E-state index in [1.807, 2.05) is 6.07 Å². The van der Waals surface area contributed by atoms with Gasteiger partial charge in [-0.3, -0.25) is 0 Å². The largest absolute Gasteiger partial charge is 0.459 e. The molecule has 6 heteroatoms. The minimum atomic E-state index is -0.933. The van der Waals surface area contributed by atoms with Gasteiger partial charge in [-0.1, -0.05) is 0 Å². The van der Waals surface area contributed by atoms with Crippen LogP contribution in [0.1, 0.15) is 37.5 Å². The lowest BCUT2D eigenvalue weighted by molar-refractivity contribution is -0.156. The lowest BCUT2D eigenvalue weighted by Crippen LogP contribution is -2.31. The summed E-state index contributed by atoms with van der Waals surface area (Å²) in [6, 6.07) is 0.956. The third kappa shape index (κ3) is 3.29. The summed E-state index contributed by atoms with van der Waals surface area (Å²) in [6.45, 7) is 5.29. The Bertz CT molecular complexity index is 428. The third-order valence-corrected chi connectivity index (χ3v) is 2.36. The standard InChI is InChI=1S/C10H13N3O2S/c1-10(2,3)15-9(14)8(12)6-5-16-7(4-11)13-6/h5,8H,12H2,1-3H3. The summed E-state index contributed by atoms with van der Waals surface area (Å²) in [5.41, 5.74) is 5.46. The number of ether oxygens (including phenoxy) is 1. The first-order valence-corrected chi connectivity index (χ1v) is 5.55. The van der Waals surface area contributed by atoms with Gasteiger partial charge in [0.15, 0.2) is 5.01 Å². The van der Waals surface area contributed by atoms with Crippen LogP contribution in [0, 0.1) is 11.3 Å². The zero-order valence-corrected chi connectivity index (χ0v) is 10.2. The second kappa shape index (κ2) is 4.60. The predicted octanol–water partition coefficient (Wildman–Crippen LogP) is 1.36. The lowest BCUT2D eigenvalue weighted by atomic mass is 10.2. The van der Waals surface area contributed by atoms with Crippen LogP contribution in [0.4, 0.5) is 0 Å². The average Bonchev–Trinajstić information content (AvgIpc) is 2.61. The zero-order chi connectivity index (χ0) is 12.3. The maximum Gasteiger partial charge on any atom is 0.329 e. The fourth-order valence-corrected chi connectivity index (χ4v) is 1.61. The minimum Gasteiger partial charge on any atom is -0.459 e. The van der Waals surface area contributed by atoms with Gasteiger partial charge in [0.25, 0.3) is 0 Å². The van der Waals surface area contributed by atoms with Gasteiger partial charge in [0.2, 0.25) is 0 Å². The molecule has 16 heavy (non-hydrogen) atoms. The summed E-state index contributed by atoms with van der Waals surface area (Å²) in [5.74, 6) is -0.540. The smallest absolute Gasteiger partial charge is 0.329 e. The summed E-state index contributed by atoms with van der Waals surface area (Å²) >= 11 is 1.15. The van der Waals surface area contributed by atoms with Crippen molar-refractivity contribution < 1.29 is 9.53 Å². The van der Waals surface area contributed by atoms with Crippen molar-refractivity contribution in [2.24, 2.45) is 5.73 Å². The molecule has 86 valence electrons. The van der Waals surface area contributed by atoms with E-state index in [2.05, 4.69) is 4.98 Å². The van der Waals surface area contributed by atoms with Crippen LogP contribution >= 0.6 is 11.3 Å². The number of nitrogens with two attached hydrogens (primary N) is 1. The van der Waals surface area contributed by atoms with E-state index >= 15 is 0 Å². The van der Waals surface area contributed by atoms with E-state index in [9.17, 15) is 4.79 Å². The van der Waals surface area contributed by atoms with Crippen LogP contribution in [0.25, 0.3) is 0 Å². The number of aromatic nitrogens is 1. The lowest BCUT2D eigenvalue weighted by Gasteiger charge is -2.21. The Labute approximate surface area is 97.9 Å². The molecule has 0 aliphatic carbocycles. The van der Waals surface area contributed by atoms with Gasteiger partial charge in [-0.05, 0) is 20.8 Å². The van der Waals surface area contributed by atoms with E-state index in [0.717, 1.165) is 11.3 Å². The number of hydrogen-bond donors (Lipinski definition) is 1. The van der Waals surface area contributed by atoms with Crippen molar-refractivity contribution >= 4 is 17.3 Å². The molecular weight excluding hydrogens is 226 g/mol. The molecule has 0 aromatic carbocycles. The number of hydrogen-bond acceptors (Lipinski definition) is 6. The van der Waals surface area contributed by atoms with E-state index in [-0.39, 0.29) is 5.01 Å². The van der Waals surface area contributed by atoms with Crippen molar-refractivity contribution in [3.63, 3.8) is 0 Å². The predicted molar refractivity (Wildman–Crippen MR) is 59.6 cm³/mol. The van der Waals surface area contributed by atoms with Crippen molar-refractivity contribution in [2.45, 2.75) is 32.4 Å². The maximum atomic E-state index is 11.6. The highest BCUT2D eigenvalue weighted by Crippen LogP contribution is 2.18. The maximum absolute atomic E-state index is 11.6. The minimum absolute atomic E-state index is 0.286. The van der Waals surface area contributed by atoms with E-state index < -0.39 is 17.6 Å². The molecule has 1 atom stereocenters. The Morgan fingerprint density at radius 3 is 2.75 bits per heavy atom. The molecular formula is C10H13N3O2S. The molecule has 0 bridgehead atoms. The Balaban J connectivity index is 2.75. The van der Waals surface area contributed by atoms with Crippen LogP contribution in [0.3, 0.4) is 0 Å². The molecule has 1 aromatic heterocycles. The summed E-state index contributed by atoms with van der Waals surface area (Å²) in [7, 11) is 0. The summed E-state index contributed by atoms with van der Waals surface area (Å²) < 4.78 is 5.11. The van der Waals surface area contributed by atoms with Gasteiger partial charge in [-0.25, -0.2) is 9.78 Å². The van der Waals surface area contributed by atoms with Crippen LogP contribution in [0.5, 0.6) is 0 Å². The van der Waals surface area contributed by atoms with Gasteiger partial charge in [0.05, 0.1) is 5.69 Å². The van der Waals surface area contributed by atoms with Crippen molar-refractivity contribution in [3.8, 4) is 6.07 Å². The van der Waals surface area contributed by atoms with E-state index in [1.54, 1.807) is 26.2 Å². The molecule has 0 aliphatic heterocycles. The molecule has 2 N–H and O–H groups in total. The fourth-order valence-electron chi connectivity index (χ4n) is 0.966. The number of thiazole rings is 1. The van der Waals surface area contributed by atoms with E-state index in [0.29, 0.717) is 5.69 Å². The van der Waals surface area contributed by atoms with Crippen molar-refractivity contribution in [2.75, 3.05) is 0 Å². The average molecular weight is 239 g/mol. The summed E-state index contributed by atoms with van der Waals surface area (Å²) in [5, 5.41) is 10.5. The first kappa shape index (κ1) is 12.6. The van der Waals surface area contributed by atoms with Gasteiger partial charge in [-0.2, -0.15) is 5.26 Å². The topological polar surface area (TPSA) is 89.0 Å². The number of carbonyl (C=O) groups is 1. The number of esters is 1. The quantitative estimate of drug-likeness (QED) is 0.787. The van der Waals surface area contributed by atoms with Crippen LogP contribution in [-0.2, 0) is 9.53 Å². The Morgan fingerprint density at radius 1 is 1.69 bits per heavy atom. The van der Waals surface area contributed by atoms with Gasteiger partial charge < -0.3 is 10.5 Å². The van der Waals surface area contributed by atoms with E-state index in [1.165, 1.54) is 0 Å². The highest BCUT2D eigenvalue weighted by molar-refractivity contribution is 7.10. The monoisotopic (exact) mass is 239 g/mol. The van der Waals surface area contributed by atoms with Crippen LogP contribution in [0.2, 0.25) is 0 Å². The molecule has 0 radical (unpaired) electrons. The molecule has 0 spiro atoms. The van der Waals surface area contributed by atoms with Crippen molar-refractivity contribution in [3.05, 3.63) is 16.1 Å². The third-order valence-electron chi connectivity index (χ3n) is 1.60. The van der Waals surface area contributed by atoms with E-state index in [4.69, 9.17) is 15.7 Å². The molecule has 1 heterocycles. The molecule has 1 unspecified atom stereocenters. The molecule has 0 amide bonds. The van der Waals surface area contributed by atoms with Gasteiger partial charge in [0, 0.05) is 5.38 Å². The molecule has 1 rings (SSSR count). The van der Waals surface area contributed by atoms with Crippen LogP contribution in [0.15, 0.2) is 5.38 Å². The van der Waals surface area contributed by atoms with Crippen molar-refractivity contribution in [1.29, 1.82) is 5.26 Å². The molecule has 5 nitrogen and oxygen atoms in total.